The third-order valence-electron chi connectivity index (χ3n) is 17.9. The summed E-state index contributed by atoms with van der Waals surface area (Å²) >= 11 is 2.47. The van der Waals surface area contributed by atoms with E-state index in [0.29, 0.717) is 23.3 Å². The van der Waals surface area contributed by atoms with Crippen LogP contribution in [0, 0.1) is 17.4 Å². The molecular formula is C80H83IN6. The van der Waals surface area contributed by atoms with Crippen LogP contribution in [0.4, 0.5) is 0 Å². The molecule has 8 aromatic carbocycles. The van der Waals surface area contributed by atoms with Crippen LogP contribution < -0.4 is 0 Å². The molecular weight excluding hydrogens is 1170 g/mol. The van der Waals surface area contributed by atoms with Crippen LogP contribution in [-0.4, -0.2) is 29.5 Å². The van der Waals surface area contributed by atoms with Gasteiger partial charge in [-0.3, -0.25) is 0 Å². The van der Waals surface area contributed by atoms with Gasteiger partial charge >= 0.3 is 0 Å². The fourth-order valence-corrected chi connectivity index (χ4v) is 13.6. The number of rotatable bonds is 13. The standard InChI is InChI=1S/C80H83IN6/c1-16-18-24-50-36-54(41-59(38-50)79(11,12)13)69-47-68(53-32-48(3)34-57(40-53)77(5,6)7)82-73(83-69)52-30-31-71(87-70-29-23-21-27-62(70)64-45-63-61-26-20-22-28-66(61)80(14,15)67(63)46-72(64)87)65(44-52)76-85-74(55-33-49(4)35-58(42-55)78(8,9)10)84-75(86-76)56-37-51(25-19-17-2)39-60(81)43-56/h20-23,26-47H,16-19,24-25H2,1-15H3. The third-order valence-corrected chi connectivity index (χ3v) is 18.5. The lowest BCUT2D eigenvalue weighted by molar-refractivity contribution is 0.589. The predicted octanol–water partition coefficient (Wildman–Crippen LogP) is 21.9. The molecule has 0 saturated heterocycles. The number of hydrogen-bond acceptors (Lipinski definition) is 5. The summed E-state index contributed by atoms with van der Waals surface area (Å²) in [4.78, 5) is 28.2. The van der Waals surface area contributed by atoms with Gasteiger partial charge in [0.25, 0.3) is 0 Å². The highest BCUT2D eigenvalue weighted by Crippen LogP contribution is 2.51. The van der Waals surface area contributed by atoms with Crippen LogP contribution in [0.1, 0.15) is 166 Å². The Morgan fingerprint density at radius 3 is 1.59 bits per heavy atom. The molecule has 0 N–H and O–H groups in total. The van der Waals surface area contributed by atoms with Crippen molar-refractivity contribution >= 4 is 44.4 Å². The second-order valence-corrected chi connectivity index (χ2v) is 29.6. The van der Waals surface area contributed by atoms with Gasteiger partial charge in [-0.1, -0.05) is 175 Å². The molecule has 0 atom stereocenters. The number of para-hydroxylation sites is 1. The molecule has 440 valence electrons. The fourth-order valence-electron chi connectivity index (χ4n) is 12.9. The van der Waals surface area contributed by atoms with Crippen molar-refractivity contribution in [3.63, 3.8) is 0 Å². The van der Waals surface area contributed by atoms with Crippen LogP contribution in [0.2, 0.25) is 0 Å². The first-order valence-corrected chi connectivity index (χ1v) is 32.6. The number of benzene rings is 8. The Labute approximate surface area is 530 Å². The summed E-state index contributed by atoms with van der Waals surface area (Å²) in [6.07, 6.45) is 6.43. The van der Waals surface area contributed by atoms with E-state index in [9.17, 15) is 0 Å². The fraction of sp³-hybridized carbons (Fsp3) is 0.312. The highest BCUT2D eigenvalue weighted by molar-refractivity contribution is 14.1. The zero-order chi connectivity index (χ0) is 61.5. The predicted molar refractivity (Wildman–Crippen MR) is 375 cm³/mol. The molecule has 0 fully saturated rings. The number of hydrogen-bond donors (Lipinski definition) is 0. The van der Waals surface area contributed by atoms with Gasteiger partial charge in [-0.2, -0.15) is 0 Å². The van der Waals surface area contributed by atoms with Crippen molar-refractivity contribution < 1.29 is 0 Å². The Morgan fingerprint density at radius 2 is 0.943 bits per heavy atom. The van der Waals surface area contributed by atoms with E-state index in [1.54, 1.807) is 0 Å². The molecule has 6 nitrogen and oxygen atoms in total. The quantitative estimate of drug-likeness (QED) is 0.108. The molecule has 3 aromatic heterocycles. The molecule has 3 heterocycles. The van der Waals surface area contributed by atoms with E-state index in [1.807, 2.05) is 0 Å². The Balaban J connectivity index is 1.18. The van der Waals surface area contributed by atoms with Crippen LogP contribution >= 0.6 is 22.6 Å². The summed E-state index contributed by atoms with van der Waals surface area (Å²) in [5, 5.41) is 2.38. The second kappa shape index (κ2) is 22.8. The van der Waals surface area contributed by atoms with Gasteiger partial charge in [0.15, 0.2) is 23.3 Å². The summed E-state index contributed by atoms with van der Waals surface area (Å²) in [7, 11) is 0. The summed E-state index contributed by atoms with van der Waals surface area (Å²) in [5.74, 6) is 2.46. The Morgan fingerprint density at radius 1 is 0.414 bits per heavy atom. The van der Waals surface area contributed by atoms with Crippen LogP contribution in [-0.2, 0) is 34.5 Å². The summed E-state index contributed by atoms with van der Waals surface area (Å²) in [5.41, 5.74) is 24.3. The number of unbranched alkanes of at least 4 members (excludes halogenated alkanes) is 2. The Kier molecular flexibility index (Phi) is 15.7. The molecule has 12 rings (SSSR count). The SMILES string of the molecule is CCCCc1cc(I)cc(-c2nc(-c3cc(C)cc(C(C)(C)C)c3)nc(-c3cc(-c4nc(-c5cc(C)cc(C(C)(C)C)c5)cc(-c5cc(CCCC)cc(C(C)(C)C)c5)n4)ccc3-n3c4ccccc4c4cc5c(cc43)C(C)(C)c3ccccc3-5)n2)c1. The number of fused-ring (bicyclic) bond motifs is 6. The molecule has 0 spiro atoms. The maximum atomic E-state index is 5.69. The van der Waals surface area contributed by atoms with Gasteiger partial charge in [0.1, 0.15) is 0 Å². The first-order chi connectivity index (χ1) is 41.3. The van der Waals surface area contributed by atoms with Gasteiger partial charge < -0.3 is 4.57 Å². The average Bonchev–Trinajstić information content (AvgIpc) is 1.61. The Hall–Kier alpha value is -7.62. The molecule has 7 heteroatoms. The normalized spacial score (nSPS) is 13.2. The minimum Gasteiger partial charge on any atom is -0.308 e. The smallest absolute Gasteiger partial charge is 0.166 e. The molecule has 0 unspecified atom stereocenters. The molecule has 0 amide bonds. The van der Waals surface area contributed by atoms with Crippen LogP contribution in [0.3, 0.4) is 0 Å². The van der Waals surface area contributed by atoms with Crippen LogP contribution in [0.15, 0.2) is 158 Å². The monoisotopic (exact) mass is 1250 g/mol. The van der Waals surface area contributed by atoms with Crippen molar-refractivity contribution in [2.24, 2.45) is 0 Å². The van der Waals surface area contributed by atoms with E-state index in [4.69, 9.17) is 24.9 Å². The van der Waals surface area contributed by atoms with Crippen LogP contribution in [0.25, 0.3) is 107 Å². The molecule has 0 radical (unpaired) electrons. The largest absolute Gasteiger partial charge is 0.308 e. The maximum Gasteiger partial charge on any atom is 0.166 e. The van der Waals surface area contributed by atoms with Gasteiger partial charge in [-0.05, 0) is 225 Å². The Bertz CT molecular complexity index is 4500. The van der Waals surface area contributed by atoms with Gasteiger partial charge in [0.05, 0.1) is 28.1 Å². The first kappa shape index (κ1) is 59.7. The molecule has 0 bridgehead atoms. The van der Waals surface area contributed by atoms with E-state index >= 15 is 0 Å². The topological polar surface area (TPSA) is 69.4 Å². The van der Waals surface area contributed by atoms with Crippen LogP contribution in [0.5, 0.6) is 0 Å². The van der Waals surface area contributed by atoms with Crippen molar-refractivity contribution in [2.45, 2.75) is 164 Å². The molecule has 0 saturated carbocycles. The van der Waals surface area contributed by atoms with E-state index in [1.165, 1.54) is 66.4 Å². The highest BCUT2D eigenvalue weighted by Gasteiger charge is 2.36. The second-order valence-electron chi connectivity index (χ2n) is 28.3. The van der Waals surface area contributed by atoms with E-state index in [0.717, 1.165) is 109 Å². The van der Waals surface area contributed by atoms with Gasteiger partial charge in [-0.25, -0.2) is 24.9 Å². The number of aromatic nitrogens is 6. The van der Waals surface area contributed by atoms with Crippen molar-refractivity contribution in [1.82, 2.24) is 29.5 Å². The van der Waals surface area contributed by atoms with E-state index < -0.39 is 0 Å². The van der Waals surface area contributed by atoms with Crippen molar-refractivity contribution in [3.05, 3.63) is 211 Å². The third kappa shape index (κ3) is 11.7. The lowest BCUT2D eigenvalue weighted by Crippen LogP contribution is -2.15. The minimum atomic E-state index is -0.219. The van der Waals surface area contributed by atoms with E-state index in [-0.39, 0.29) is 21.7 Å². The number of nitrogens with zero attached hydrogens (tertiary/aromatic N) is 6. The molecule has 87 heavy (non-hydrogen) atoms. The zero-order valence-corrected chi connectivity index (χ0v) is 56.0. The molecule has 11 aromatic rings. The van der Waals surface area contributed by atoms with Crippen molar-refractivity contribution in [2.75, 3.05) is 0 Å². The van der Waals surface area contributed by atoms with Gasteiger partial charge in [-0.15, -0.1) is 0 Å². The van der Waals surface area contributed by atoms with Crippen molar-refractivity contribution in [1.29, 1.82) is 0 Å². The number of halogens is 1. The summed E-state index contributed by atoms with van der Waals surface area (Å²) in [6.45, 7) is 34.3. The zero-order valence-electron chi connectivity index (χ0n) is 53.8. The lowest BCUT2D eigenvalue weighted by atomic mass is 9.82. The first-order valence-electron chi connectivity index (χ1n) is 31.5. The minimum absolute atomic E-state index is 0.0733. The molecule has 0 aliphatic heterocycles. The molecule has 1 aliphatic rings. The van der Waals surface area contributed by atoms with Crippen molar-refractivity contribution in [3.8, 4) is 84.9 Å². The average molecular weight is 1260 g/mol. The molecule has 1 aliphatic carbocycles. The van der Waals surface area contributed by atoms with Gasteiger partial charge in [0, 0.05) is 53.1 Å². The summed E-state index contributed by atoms with van der Waals surface area (Å²) in [6, 6.07) is 59.4. The van der Waals surface area contributed by atoms with E-state index in [2.05, 4.69) is 289 Å². The van der Waals surface area contributed by atoms with Gasteiger partial charge in [0.2, 0.25) is 0 Å². The maximum absolute atomic E-state index is 5.69. The number of aryl methyl sites for hydroxylation is 4. The summed E-state index contributed by atoms with van der Waals surface area (Å²) < 4.78 is 3.61. The highest BCUT2D eigenvalue weighted by atomic mass is 127. The lowest BCUT2D eigenvalue weighted by Gasteiger charge is -2.22.